The predicted octanol–water partition coefficient (Wildman–Crippen LogP) is 4.22. The van der Waals surface area contributed by atoms with Crippen molar-refractivity contribution in [3.8, 4) is 11.5 Å². The zero-order chi connectivity index (χ0) is 19.2. The van der Waals surface area contributed by atoms with Crippen LogP contribution in [0.25, 0.3) is 0 Å². The summed E-state index contributed by atoms with van der Waals surface area (Å²) in [6, 6.07) is 12.1. The maximum atomic E-state index is 5.94. The summed E-state index contributed by atoms with van der Waals surface area (Å²) in [5.41, 5.74) is 3.79. The van der Waals surface area contributed by atoms with E-state index in [9.17, 15) is 0 Å². The Balaban J connectivity index is 1.61. The van der Waals surface area contributed by atoms with Crippen molar-refractivity contribution in [2.24, 2.45) is 0 Å². The highest BCUT2D eigenvalue weighted by Crippen LogP contribution is 2.33. The number of halogens is 1. The second-order valence-electron chi connectivity index (χ2n) is 6.61. The van der Waals surface area contributed by atoms with Crippen molar-refractivity contribution in [1.82, 2.24) is 10.2 Å². The third-order valence-corrected chi connectivity index (χ3v) is 5.49. The molecule has 0 radical (unpaired) electrons. The Kier molecular flexibility index (Phi) is 6.80. The average molecular weight is 405 g/mol. The number of nitrogens with one attached hydrogen (secondary N) is 1. The van der Waals surface area contributed by atoms with E-state index in [4.69, 9.17) is 33.3 Å². The first-order valence-corrected chi connectivity index (χ1v) is 9.90. The van der Waals surface area contributed by atoms with Gasteiger partial charge in [-0.2, -0.15) is 0 Å². The molecule has 0 saturated carbocycles. The van der Waals surface area contributed by atoms with Gasteiger partial charge in [0.15, 0.2) is 16.6 Å². The fourth-order valence-corrected chi connectivity index (χ4v) is 3.72. The van der Waals surface area contributed by atoms with Gasteiger partial charge in [-0.3, -0.25) is 0 Å². The van der Waals surface area contributed by atoms with Crippen molar-refractivity contribution in [3.63, 3.8) is 0 Å². The molecule has 0 bridgehead atoms. The zero-order valence-corrected chi connectivity index (χ0v) is 17.3. The van der Waals surface area contributed by atoms with E-state index in [1.54, 1.807) is 14.2 Å². The van der Waals surface area contributed by atoms with Gasteiger partial charge in [-0.05, 0) is 72.4 Å². The minimum atomic E-state index is 0.762. The van der Waals surface area contributed by atoms with Crippen molar-refractivity contribution in [3.05, 3.63) is 58.1 Å². The molecule has 1 aliphatic rings. The van der Waals surface area contributed by atoms with Crippen molar-refractivity contribution >= 4 is 28.9 Å². The lowest BCUT2D eigenvalue weighted by molar-refractivity contribution is 0.353. The molecule has 27 heavy (non-hydrogen) atoms. The Morgan fingerprint density at radius 1 is 1.11 bits per heavy atom. The molecular weight excluding hydrogens is 380 g/mol. The van der Waals surface area contributed by atoms with Gasteiger partial charge in [-0.1, -0.05) is 23.7 Å². The lowest BCUT2D eigenvalue weighted by Crippen LogP contribution is -2.40. The summed E-state index contributed by atoms with van der Waals surface area (Å²) >= 11 is 11.6. The maximum Gasteiger partial charge on any atom is 0.169 e. The molecule has 0 aromatic heterocycles. The average Bonchev–Trinajstić information content (AvgIpc) is 2.90. The molecule has 0 spiro atoms. The third kappa shape index (κ3) is 5.05. The van der Waals surface area contributed by atoms with Gasteiger partial charge >= 0.3 is 0 Å². The Labute approximate surface area is 171 Å². The van der Waals surface area contributed by atoms with Gasteiger partial charge in [0.2, 0.25) is 0 Å². The normalized spacial score (nSPS) is 13.5. The number of hydrogen-bond acceptors (Lipinski definition) is 3. The van der Waals surface area contributed by atoms with Crippen LogP contribution in [0.15, 0.2) is 36.4 Å². The standard InChI is InChI=1S/C21H25ClN2O2S/c1-25-19-12-16-4-3-11-24(14-17(16)13-20(19)26-2)21(27)23-10-9-15-5-7-18(22)8-6-15/h5-8,12-13H,3-4,9-11,14H2,1-2H3,(H,23,27). The van der Waals surface area contributed by atoms with E-state index in [2.05, 4.69) is 34.5 Å². The quantitative estimate of drug-likeness (QED) is 0.754. The molecule has 2 aromatic carbocycles. The summed E-state index contributed by atoms with van der Waals surface area (Å²) < 4.78 is 10.9. The minimum Gasteiger partial charge on any atom is -0.493 e. The number of hydrogen-bond donors (Lipinski definition) is 1. The maximum absolute atomic E-state index is 5.94. The van der Waals surface area contributed by atoms with Crippen molar-refractivity contribution in [2.45, 2.75) is 25.8 Å². The van der Waals surface area contributed by atoms with Gasteiger partial charge in [-0.15, -0.1) is 0 Å². The predicted molar refractivity (Wildman–Crippen MR) is 114 cm³/mol. The van der Waals surface area contributed by atoms with Gasteiger partial charge < -0.3 is 19.7 Å². The van der Waals surface area contributed by atoms with Crippen LogP contribution in [0.4, 0.5) is 0 Å². The highest BCUT2D eigenvalue weighted by atomic mass is 35.5. The van der Waals surface area contributed by atoms with Crippen molar-refractivity contribution < 1.29 is 9.47 Å². The van der Waals surface area contributed by atoms with Crippen molar-refractivity contribution in [2.75, 3.05) is 27.3 Å². The second kappa shape index (κ2) is 9.29. The van der Waals surface area contributed by atoms with E-state index in [-0.39, 0.29) is 0 Å². The summed E-state index contributed by atoms with van der Waals surface area (Å²) in [6.45, 7) is 2.52. The molecule has 4 nitrogen and oxygen atoms in total. The minimum absolute atomic E-state index is 0.762. The molecule has 1 heterocycles. The molecule has 0 aliphatic carbocycles. The molecule has 0 atom stereocenters. The number of thiocarbonyl (C=S) groups is 1. The fourth-order valence-electron chi connectivity index (χ4n) is 3.34. The van der Waals surface area contributed by atoms with Crippen LogP contribution in [-0.2, 0) is 19.4 Å². The van der Waals surface area contributed by atoms with E-state index in [0.29, 0.717) is 0 Å². The number of benzene rings is 2. The van der Waals surface area contributed by atoms with Gasteiger partial charge in [0.25, 0.3) is 0 Å². The van der Waals surface area contributed by atoms with Gasteiger partial charge in [-0.25, -0.2) is 0 Å². The van der Waals surface area contributed by atoms with E-state index >= 15 is 0 Å². The van der Waals surface area contributed by atoms with Crippen LogP contribution >= 0.6 is 23.8 Å². The molecule has 144 valence electrons. The smallest absolute Gasteiger partial charge is 0.169 e. The Morgan fingerprint density at radius 3 is 2.44 bits per heavy atom. The molecule has 1 aliphatic heterocycles. The SMILES string of the molecule is COc1cc2c(cc1OC)CN(C(=S)NCCc1ccc(Cl)cc1)CCC2. The number of nitrogens with zero attached hydrogens (tertiary/aromatic N) is 1. The molecule has 0 fully saturated rings. The molecule has 3 rings (SSSR count). The van der Waals surface area contributed by atoms with E-state index in [1.807, 2.05) is 12.1 Å². The van der Waals surface area contributed by atoms with Crippen LogP contribution < -0.4 is 14.8 Å². The molecule has 0 saturated heterocycles. The third-order valence-electron chi connectivity index (χ3n) is 4.83. The number of ether oxygens (including phenoxy) is 2. The summed E-state index contributed by atoms with van der Waals surface area (Å²) in [6.07, 6.45) is 2.98. The van der Waals surface area contributed by atoms with Crippen LogP contribution in [0.3, 0.4) is 0 Å². The molecule has 2 aromatic rings. The monoisotopic (exact) mass is 404 g/mol. The number of fused-ring (bicyclic) bond motifs is 1. The van der Waals surface area contributed by atoms with Gasteiger partial charge in [0.05, 0.1) is 14.2 Å². The summed E-state index contributed by atoms with van der Waals surface area (Å²) in [5.74, 6) is 1.55. The summed E-state index contributed by atoms with van der Waals surface area (Å²) in [4.78, 5) is 2.23. The first-order valence-electron chi connectivity index (χ1n) is 9.11. The Bertz CT molecular complexity index is 796. The van der Waals surface area contributed by atoms with E-state index in [0.717, 1.165) is 60.5 Å². The first-order chi connectivity index (χ1) is 13.1. The lowest BCUT2D eigenvalue weighted by Gasteiger charge is -2.25. The molecule has 6 heteroatoms. The highest BCUT2D eigenvalue weighted by Gasteiger charge is 2.19. The van der Waals surface area contributed by atoms with E-state index < -0.39 is 0 Å². The Hall–Kier alpha value is -1.98. The van der Waals surface area contributed by atoms with Crippen LogP contribution in [0, 0.1) is 0 Å². The molecule has 1 N–H and O–H groups in total. The zero-order valence-electron chi connectivity index (χ0n) is 15.8. The van der Waals surface area contributed by atoms with Crippen LogP contribution in [-0.4, -0.2) is 37.3 Å². The Morgan fingerprint density at radius 2 is 1.78 bits per heavy atom. The van der Waals surface area contributed by atoms with Crippen LogP contribution in [0.1, 0.15) is 23.1 Å². The lowest BCUT2D eigenvalue weighted by atomic mass is 10.0. The van der Waals surface area contributed by atoms with E-state index in [1.165, 1.54) is 16.7 Å². The molecular formula is C21H25ClN2O2S. The summed E-state index contributed by atoms with van der Waals surface area (Å²) in [5, 5.41) is 4.95. The van der Waals surface area contributed by atoms with Crippen molar-refractivity contribution in [1.29, 1.82) is 0 Å². The number of rotatable bonds is 5. The van der Waals surface area contributed by atoms with Crippen LogP contribution in [0.5, 0.6) is 11.5 Å². The number of methoxy groups -OCH3 is 2. The largest absolute Gasteiger partial charge is 0.493 e. The molecule has 0 amide bonds. The fraction of sp³-hybridized carbons (Fsp3) is 0.381. The topological polar surface area (TPSA) is 33.7 Å². The van der Waals surface area contributed by atoms with Gasteiger partial charge in [0.1, 0.15) is 0 Å². The first kappa shape index (κ1) is 19.8. The summed E-state index contributed by atoms with van der Waals surface area (Å²) in [7, 11) is 3.34. The highest BCUT2D eigenvalue weighted by molar-refractivity contribution is 7.80. The number of aryl methyl sites for hydroxylation is 1. The second-order valence-corrected chi connectivity index (χ2v) is 7.43. The molecule has 0 unspecified atom stereocenters. The van der Waals surface area contributed by atoms with Crippen LogP contribution in [0.2, 0.25) is 5.02 Å². The van der Waals surface area contributed by atoms with Gasteiger partial charge in [0, 0.05) is 24.7 Å².